The van der Waals surface area contributed by atoms with E-state index in [1.54, 1.807) is 23.4 Å². The van der Waals surface area contributed by atoms with E-state index in [0.717, 1.165) is 46.8 Å². The third-order valence-corrected chi connectivity index (χ3v) is 7.34. The SMILES string of the molecule is Cc1cc2c(cc1C(=O)N1CCc3cc(Br)cnc31)[nH]c(=O)c1cnc(C3CCCC3O)n12. The molecule has 8 nitrogen and oxygen atoms in total. The number of aromatic amines is 1. The molecule has 2 N–H and O–H groups in total. The molecular formula is C24H22BrN5O3. The van der Waals surface area contributed by atoms with Gasteiger partial charge < -0.3 is 10.1 Å². The Kier molecular flexibility index (Phi) is 4.67. The van der Waals surface area contributed by atoms with Crippen molar-refractivity contribution in [2.75, 3.05) is 11.4 Å². The van der Waals surface area contributed by atoms with Crippen molar-refractivity contribution in [3.05, 3.63) is 67.9 Å². The van der Waals surface area contributed by atoms with Crippen LogP contribution in [0.25, 0.3) is 16.6 Å². The van der Waals surface area contributed by atoms with Gasteiger partial charge in [0.25, 0.3) is 11.5 Å². The Morgan fingerprint density at radius 2 is 2.03 bits per heavy atom. The Balaban J connectivity index is 1.49. The number of carbonyl (C=O) groups is 1. The quantitative estimate of drug-likeness (QED) is 0.432. The second-order valence-corrected chi connectivity index (χ2v) is 9.84. The monoisotopic (exact) mass is 507 g/mol. The van der Waals surface area contributed by atoms with E-state index in [1.807, 2.05) is 23.5 Å². The van der Waals surface area contributed by atoms with Crippen molar-refractivity contribution in [3.8, 4) is 0 Å². The molecule has 1 amide bonds. The summed E-state index contributed by atoms with van der Waals surface area (Å²) in [6.45, 7) is 2.46. The fourth-order valence-corrected chi connectivity index (χ4v) is 5.64. The predicted octanol–water partition coefficient (Wildman–Crippen LogP) is 3.47. The highest BCUT2D eigenvalue weighted by Crippen LogP contribution is 2.35. The summed E-state index contributed by atoms with van der Waals surface area (Å²) < 4.78 is 2.74. The number of aliphatic hydroxyl groups excluding tert-OH is 1. The van der Waals surface area contributed by atoms with E-state index in [0.29, 0.717) is 34.8 Å². The number of fused-ring (bicyclic) bond motifs is 4. The number of imidazole rings is 1. The summed E-state index contributed by atoms with van der Waals surface area (Å²) in [7, 11) is 0. The zero-order valence-corrected chi connectivity index (χ0v) is 19.6. The topological polar surface area (TPSA) is 104 Å². The number of aromatic nitrogens is 4. The van der Waals surface area contributed by atoms with E-state index in [9.17, 15) is 14.7 Å². The summed E-state index contributed by atoms with van der Waals surface area (Å²) in [6.07, 6.45) is 6.06. The molecule has 9 heteroatoms. The van der Waals surface area contributed by atoms with Gasteiger partial charge in [0, 0.05) is 28.7 Å². The largest absolute Gasteiger partial charge is 0.392 e. The van der Waals surface area contributed by atoms with Crippen LogP contribution in [0, 0.1) is 6.92 Å². The molecule has 0 bridgehead atoms. The van der Waals surface area contributed by atoms with Crippen molar-refractivity contribution < 1.29 is 9.90 Å². The molecule has 4 heterocycles. The summed E-state index contributed by atoms with van der Waals surface area (Å²) >= 11 is 3.44. The minimum absolute atomic E-state index is 0.106. The maximum Gasteiger partial charge on any atom is 0.274 e. The number of rotatable bonds is 2. The molecule has 0 radical (unpaired) electrons. The lowest BCUT2D eigenvalue weighted by Crippen LogP contribution is -2.30. The number of nitrogens with zero attached hydrogens (tertiary/aromatic N) is 4. The van der Waals surface area contributed by atoms with Gasteiger partial charge in [-0.05, 0) is 71.4 Å². The molecular weight excluding hydrogens is 486 g/mol. The van der Waals surface area contributed by atoms with Crippen LogP contribution < -0.4 is 10.5 Å². The number of H-pyrrole nitrogens is 1. The molecule has 0 spiro atoms. The fourth-order valence-electron chi connectivity index (χ4n) is 5.26. The van der Waals surface area contributed by atoms with Crippen molar-refractivity contribution in [2.45, 2.75) is 44.6 Å². The van der Waals surface area contributed by atoms with Crippen molar-refractivity contribution >= 4 is 44.2 Å². The van der Waals surface area contributed by atoms with Crippen LogP contribution in [0.1, 0.15) is 52.5 Å². The first-order valence-corrected chi connectivity index (χ1v) is 11.9. The first-order valence-electron chi connectivity index (χ1n) is 11.1. The lowest BCUT2D eigenvalue weighted by Gasteiger charge is -2.19. The second-order valence-electron chi connectivity index (χ2n) is 8.92. The molecule has 1 aliphatic carbocycles. The smallest absolute Gasteiger partial charge is 0.274 e. The zero-order chi connectivity index (χ0) is 22.9. The Bertz CT molecular complexity index is 1510. The van der Waals surface area contributed by atoms with Crippen LogP contribution in [0.3, 0.4) is 0 Å². The number of nitrogens with one attached hydrogen (secondary N) is 1. The van der Waals surface area contributed by atoms with Crippen LogP contribution in [0.5, 0.6) is 0 Å². The van der Waals surface area contributed by atoms with Gasteiger partial charge in [-0.2, -0.15) is 0 Å². The predicted molar refractivity (Wildman–Crippen MR) is 128 cm³/mol. The molecule has 6 rings (SSSR count). The fraction of sp³-hybridized carbons (Fsp3) is 0.333. The van der Waals surface area contributed by atoms with E-state index in [2.05, 4.69) is 30.9 Å². The van der Waals surface area contributed by atoms with Gasteiger partial charge in [-0.3, -0.25) is 18.9 Å². The highest BCUT2D eigenvalue weighted by molar-refractivity contribution is 9.10. The lowest BCUT2D eigenvalue weighted by atomic mass is 10.0. The minimum Gasteiger partial charge on any atom is -0.392 e. The second kappa shape index (κ2) is 7.50. The van der Waals surface area contributed by atoms with Gasteiger partial charge in [-0.15, -0.1) is 0 Å². The van der Waals surface area contributed by atoms with E-state index >= 15 is 0 Å². The van der Waals surface area contributed by atoms with E-state index in [-0.39, 0.29) is 17.4 Å². The van der Waals surface area contributed by atoms with Crippen molar-refractivity contribution in [1.82, 2.24) is 19.4 Å². The van der Waals surface area contributed by atoms with Crippen LogP contribution in [0.4, 0.5) is 5.82 Å². The summed E-state index contributed by atoms with van der Waals surface area (Å²) in [6, 6.07) is 5.67. The van der Waals surface area contributed by atoms with Crippen molar-refractivity contribution in [2.24, 2.45) is 0 Å². The zero-order valence-electron chi connectivity index (χ0n) is 18.0. The average Bonchev–Trinajstić information content (AvgIpc) is 3.51. The number of halogens is 1. The van der Waals surface area contributed by atoms with Crippen LogP contribution >= 0.6 is 15.9 Å². The molecule has 2 atom stereocenters. The number of carbonyl (C=O) groups excluding carboxylic acids is 1. The average molecular weight is 508 g/mol. The molecule has 2 unspecified atom stereocenters. The molecule has 1 aliphatic heterocycles. The van der Waals surface area contributed by atoms with Crippen LogP contribution in [-0.2, 0) is 6.42 Å². The number of hydrogen-bond donors (Lipinski definition) is 2. The van der Waals surface area contributed by atoms with E-state index in [1.165, 1.54) is 0 Å². The standard InChI is InChI=1S/C24H22BrN5O3/c1-12-7-18-17(9-16(12)24(33)29-6-5-13-8-14(25)10-26-21(13)29)28-23(32)19-11-27-22(30(18)19)15-3-2-4-20(15)31/h7-11,15,20,31H,2-6H2,1H3,(H,28,32). The van der Waals surface area contributed by atoms with Crippen molar-refractivity contribution in [3.63, 3.8) is 0 Å². The van der Waals surface area contributed by atoms with Gasteiger partial charge in [-0.1, -0.05) is 6.42 Å². The maximum atomic E-state index is 13.5. The third kappa shape index (κ3) is 3.13. The molecule has 1 aromatic carbocycles. The number of hydrogen-bond acceptors (Lipinski definition) is 5. The number of amides is 1. The van der Waals surface area contributed by atoms with Gasteiger partial charge in [-0.25, -0.2) is 9.97 Å². The van der Waals surface area contributed by atoms with Crippen LogP contribution in [-0.4, -0.2) is 43.0 Å². The lowest BCUT2D eigenvalue weighted by molar-refractivity contribution is 0.0988. The highest BCUT2D eigenvalue weighted by Gasteiger charge is 2.32. The summed E-state index contributed by atoms with van der Waals surface area (Å²) in [5, 5.41) is 10.5. The van der Waals surface area contributed by atoms with Crippen LogP contribution in [0.2, 0.25) is 0 Å². The summed E-state index contributed by atoms with van der Waals surface area (Å²) in [4.78, 5) is 39.9. The number of aliphatic hydroxyl groups is 1. The Hall–Kier alpha value is -3.04. The highest BCUT2D eigenvalue weighted by atomic mass is 79.9. The molecule has 3 aromatic heterocycles. The van der Waals surface area contributed by atoms with Gasteiger partial charge in [0.1, 0.15) is 17.2 Å². The molecule has 0 saturated heterocycles. The summed E-state index contributed by atoms with van der Waals surface area (Å²) in [5.74, 6) is 1.14. The van der Waals surface area contributed by atoms with Gasteiger partial charge in [0.05, 0.1) is 23.3 Å². The Morgan fingerprint density at radius 1 is 1.18 bits per heavy atom. The number of pyridine rings is 1. The number of anilines is 1. The first kappa shape index (κ1) is 20.6. The number of benzene rings is 1. The van der Waals surface area contributed by atoms with Gasteiger partial charge >= 0.3 is 0 Å². The normalized spacial score (nSPS) is 20.2. The molecule has 1 fully saturated rings. The molecule has 1 saturated carbocycles. The minimum atomic E-state index is -0.463. The van der Waals surface area contributed by atoms with Crippen LogP contribution in [0.15, 0.2) is 39.9 Å². The molecule has 168 valence electrons. The van der Waals surface area contributed by atoms with Crippen molar-refractivity contribution in [1.29, 1.82) is 0 Å². The Morgan fingerprint density at radius 3 is 2.82 bits per heavy atom. The van der Waals surface area contributed by atoms with E-state index < -0.39 is 6.10 Å². The van der Waals surface area contributed by atoms with Gasteiger partial charge in [0.15, 0.2) is 0 Å². The first-order chi connectivity index (χ1) is 15.9. The Labute approximate surface area is 197 Å². The third-order valence-electron chi connectivity index (χ3n) is 6.91. The molecule has 33 heavy (non-hydrogen) atoms. The maximum absolute atomic E-state index is 13.5. The van der Waals surface area contributed by atoms with E-state index in [4.69, 9.17) is 0 Å². The number of aryl methyl sites for hydroxylation is 1. The summed E-state index contributed by atoms with van der Waals surface area (Å²) in [5.41, 5.74) is 3.87. The molecule has 2 aliphatic rings. The molecule has 4 aromatic rings. The van der Waals surface area contributed by atoms with Gasteiger partial charge in [0.2, 0.25) is 0 Å².